The predicted molar refractivity (Wildman–Crippen MR) is 128 cm³/mol. The molecule has 0 unspecified atom stereocenters. The van der Waals surface area contributed by atoms with Gasteiger partial charge >= 0.3 is 5.97 Å². The molecule has 7 nitrogen and oxygen atoms in total. The van der Waals surface area contributed by atoms with Crippen LogP contribution in [0.2, 0.25) is 0 Å². The lowest BCUT2D eigenvalue weighted by Crippen LogP contribution is -2.20. The van der Waals surface area contributed by atoms with Crippen LogP contribution in [0.5, 0.6) is 0 Å². The maximum atomic E-state index is 13.0. The Hall–Kier alpha value is -3.52. The number of nitrogens with zero attached hydrogens (tertiary/aromatic N) is 4. The molecular formula is C24H21BrN4O3. The summed E-state index contributed by atoms with van der Waals surface area (Å²) in [5.41, 5.74) is 5.14. The Bertz CT molecular complexity index is 1480. The number of hydrogen-bond acceptors (Lipinski definition) is 4. The Labute approximate surface area is 192 Å². The molecule has 0 saturated heterocycles. The maximum Gasteiger partial charge on any atom is 0.335 e. The number of aryl methyl sites for hydroxylation is 3. The minimum Gasteiger partial charge on any atom is -0.478 e. The molecule has 0 amide bonds. The summed E-state index contributed by atoms with van der Waals surface area (Å²) in [7, 11) is 0. The summed E-state index contributed by atoms with van der Waals surface area (Å²) in [5, 5.41) is 14.2. The molecule has 0 radical (unpaired) electrons. The van der Waals surface area contributed by atoms with E-state index in [0.717, 1.165) is 32.7 Å². The van der Waals surface area contributed by atoms with E-state index in [-0.39, 0.29) is 11.1 Å². The second-order valence-electron chi connectivity index (χ2n) is 7.65. The molecule has 2 heterocycles. The van der Waals surface area contributed by atoms with Crippen LogP contribution < -0.4 is 5.56 Å². The number of carboxylic acid groups (broad SMARTS) is 1. The van der Waals surface area contributed by atoms with Crippen molar-refractivity contribution in [2.45, 2.75) is 27.7 Å². The standard InChI is InChI=1S/C24H21BrN4O3/c1-13-9-17(24(31)32)5-8-22(13)28-14(2)10-18(15(28)3)12-26-29-16(4)27-21-7-6-19(25)11-20(21)23(29)30/h5-12H,1-4H3,(H,31,32). The fourth-order valence-corrected chi connectivity index (χ4v) is 4.21. The molecule has 0 atom stereocenters. The largest absolute Gasteiger partial charge is 0.478 e. The highest BCUT2D eigenvalue weighted by Crippen LogP contribution is 2.23. The molecule has 0 spiro atoms. The highest BCUT2D eigenvalue weighted by Gasteiger charge is 2.14. The van der Waals surface area contributed by atoms with Crippen LogP contribution in [-0.2, 0) is 0 Å². The van der Waals surface area contributed by atoms with E-state index >= 15 is 0 Å². The van der Waals surface area contributed by atoms with Gasteiger partial charge in [-0.25, -0.2) is 9.78 Å². The number of hydrogen-bond donors (Lipinski definition) is 1. The van der Waals surface area contributed by atoms with E-state index in [9.17, 15) is 14.7 Å². The molecule has 0 aliphatic carbocycles. The fraction of sp³-hybridized carbons (Fsp3) is 0.167. The van der Waals surface area contributed by atoms with Crippen LogP contribution in [0.1, 0.15) is 38.7 Å². The predicted octanol–water partition coefficient (Wildman–Crippen LogP) is 4.76. The molecule has 4 rings (SSSR count). The van der Waals surface area contributed by atoms with Crippen molar-refractivity contribution in [2.24, 2.45) is 5.10 Å². The van der Waals surface area contributed by atoms with E-state index in [1.54, 1.807) is 43.5 Å². The fourth-order valence-electron chi connectivity index (χ4n) is 3.84. The summed E-state index contributed by atoms with van der Waals surface area (Å²) in [6.07, 6.45) is 1.65. The van der Waals surface area contributed by atoms with Gasteiger partial charge in [0.15, 0.2) is 0 Å². The van der Waals surface area contributed by atoms with E-state index < -0.39 is 5.97 Å². The average molecular weight is 493 g/mol. The van der Waals surface area contributed by atoms with Gasteiger partial charge in [0.25, 0.3) is 5.56 Å². The van der Waals surface area contributed by atoms with Crippen molar-refractivity contribution in [1.29, 1.82) is 0 Å². The second-order valence-corrected chi connectivity index (χ2v) is 8.57. The van der Waals surface area contributed by atoms with Gasteiger partial charge in [0.05, 0.1) is 22.7 Å². The molecule has 1 N–H and O–H groups in total. The number of aromatic carboxylic acids is 1. The smallest absolute Gasteiger partial charge is 0.335 e. The molecule has 0 saturated carbocycles. The van der Waals surface area contributed by atoms with Crippen molar-refractivity contribution >= 4 is 39.0 Å². The second kappa shape index (κ2) is 8.20. The summed E-state index contributed by atoms with van der Waals surface area (Å²) < 4.78 is 4.15. The van der Waals surface area contributed by atoms with Crippen LogP contribution in [0.25, 0.3) is 16.6 Å². The van der Waals surface area contributed by atoms with Gasteiger partial charge < -0.3 is 9.67 Å². The Morgan fingerprint density at radius 3 is 2.53 bits per heavy atom. The number of halogens is 1. The molecule has 162 valence electrons. The number of benzene rings is 2. The van der Waals surface area contributed by atoms with Gasteiger partial charge in [-0.1, -0.05) is 15.9 Å². The van der Waals surface area contributed by atoms with Crippen molar-refractivity contribution < 1.29 is 9.90 Å². The van der Waals surface area contributed by atoms with E-state index in [1.807, 2.05) is 37.5 Å². The van der Waals surface area contributed by atoms with Crippen LogP contribution in [0, 0.1) is 27.7 Å². The summed E-state index contributed by atoms with van der Waals surface area (Å²) >= 11 is 3.40. The molecule has 32 heavy (non-hydrogen) atoms. The third-order valence-electron chi connectivity index (χ3n) is 5.44. The summed E-state index contributed by atoms with van der Waals surface area (Å²) in [6.45, 7) is 7.57. The number of rotatable bonds is 4. The van der Waals surface area contributed by atoms with E-state index in [2.05, 4.69) is 26.0 Å². The zero-order valence-electron chi connectivity index (χ0n) is 18.0. The topological polar surface area (TPSA) is 89.5 Å². The van der Waals surface area contributed by atoms with Crippen LogP contribution in [0.15, 0.2) is 56.8 Å². The molecule has 8 heteroatoms. The van der Waals surface area contributed by atoms with E-state index in [0.29, 0.717) is 16.7 Å². The van der Waals surface area contributed by atoms with Gasteiger partial charge in [0, 0.05) is 27.1 Å². The molecule has 0 aliphatic heterocycles. The quantitative estimate of drug-likeness (QED) is 0.415. The molecule has 0 bridgehead atoms. The first-order valence-electron chi connectivity index (χ1n) is 9.94. The molecule has 2 aromatic heterocycles. The number of carbonyl (C=O) groups is 1. The Morgan fingerprint density at radius 2 is 1.84 bits per heavy atom. The highest BCUT2D eigenvalue weighted by atomic mass is 79.9. The third-order valence-corrected chi connectivity index (χ3v) is 5.93. The number of carboxylic acids is 1. The van der Waals surface area contributed by atoms with Crippen molar-refractivity contribution in [1.82, 2.24) is 14.2 Å². The molecule has 0 aliphatic rings. The van der Waals surface area contributed by atoms with E-state index in [1.165, 1.54) is 4.68 Å². The van der Waals surface area contributed by atoms with Crippen LogP contribution in [0.3, 0.4) is 0 Å². The minimum atomic E-state index is -0.953. The summed E-state index contributed by atoms with van der Waals surface area (Å²) in [5.74, 6) is -0.458. The van der Waals surface area contributed by atoms with Gasteiger partial charge in [-0.15, -0.1) is 0 Å². The maximum absolute atomic E-state index is 13.0. The zero-order chi connectivity index (χ0) is 23.2. The van der Waals surface area contributed by atoms with Gasteiger partial charge in [-0.3, -0.25) is 4.79 Å². The molecular weight excluding hydrogens is 472 g/mol. The van der Waals surface area contributed by atoms with Gasteiger partial charge in [0.1, 0.15) is 5.82 Å². The lowest BCUT2D eigenvalue weighted by Gasteiger charge is -2.13. The summed E-state index contributed by atoms with van der Waals surface area (Å²) in [6, 6.07) is 12.4. The van der Waals surface area contributed by atoms with Crippen molar-refractivity contribution in [3.05, 3.63) is 91.2 Å². The van der Waals surface area contributed by atoms with Crippen LogP contribution in [-0.4, -0.2) is 31.5 Å². The van der Waals surface area contributed by atoms with Gasteiger partial charge in [0.2, 0.25) is 0 Å². The molecule has 2 aromatic carbocycles. The highest BCUT2D eigenvalue weighted by molar-refractivity contribution is 9.10. The normalized spacial score (nSPS) is 11.5. The molecule has 4 aromatic rings. The van der Waals surface area contributed by atoms with Crippen LogP contribution in [0.4, 0.5) is 0 Å². The first kappa shape index (κ1) is 21.7. The molecule has 0 fully saturated rings. The SMILES string of the molecule is Cc1cc(C(=O)O)ccc1-n1c(C)cc(C=Nn2c(C)nc3ccc(Br)cc3c2=O)c1C. The third kappa shape index (κ3) is 3.78. The van der Waals surface area contributed by atoms with Crippen molar-refractivity contribution in [3.63, 3.8) is 0 Å². The minimum absolute atomic E-state index is 0.237. The first-order chi connectivity index (χ1) is 15.2. The Kier molecular flexibility index (Phi) is 5.56. The Morgan fingerprint density at radius 1 is 1.09 bits per heavy atom. The zero-order valence-corrected chi connectivity index (χ0v) is 19.6. The Balaban J connectivity index is 1.78. The van der Waals surface area contributed by atoms with Crippen molar-refractivity contribution in [2.75, 3.05) is 0 Å². The lowest BCUT2D eigenvalue weighted by molar-refractivity contribution is 0.0697. The first-order valence-corrected chi connectivity index (χ1v) is 10.7. The monoisotopic (exact) mass is 492 g/mol. The van der Waals surface area contributed by atoms with Gasteiger partial charge in [-0.2, -0.15) is 9.78 Å². The van der Waals surface area contributed by atoms with Crippen molar-refractivity contribution in [3.8, 4) is 5.69 Å². The number of aromatic nitrogens is 3. The summed E-state index contributed by atoms with van der Waals surface area (Å²) in [4.78, 5) is 28.7. The number of fused-ring (bicyclic) bond motifs is 1. The van der Waals surface area contributed by atoms with Crippen LogP contribution >= 0.6 is 15.9 Å². The average Bonchev–Trinajstić information content (AvgIpc) is 3.01. The van der Waals surface area contributed by atoms with E-state index in [4.69, 9.17) is 0 Å². The van der Waals surface area contributed by atoms with Gasteiger partial charge in [-0.05, 0) is 75.7 Å². The lowest BCUT2D eigenvalue weighted by atomic mass is 10.1.